The van der Waals surface area contributed by atoms with Crippen LogP contribution in [0.5, 0.6) is 5.75 Å². The van der Waals surface area contributed by atoms with Gasteiger partial charge in [-0.3, -0.25) is 0 Å². The Bertz CT molecular complexity index is 420. The summed E-state index contributed by atoms with van der Waals surface area (Å²) in [7, 11) is 1.68. The van der Waals surface area contributed by atoms with E-state index >= 15 is 0 Å². The smallest absolute Gasteiger partial charge is 0.118 e. The van der Waals surface area contributed by atoms with Crippen LogP contribution in [0.25, 0.3) is 0 Å². The minimum Gasteiger partial charge on any atom is -0.497 e. The van der Waals surface area contributed by atoms with Crippen molar-refractivity contribution in [3.8, 4) is 5.75 Å². The van der Waals surface area contributed by atoms with Crippen LogP contribution in [0.15, 0.2) is 47.1 Å². The van der Waals surface area contributed by atoms with Gasteiger partial charge in [-0.25, -0.2) is 0 Å². The Kier molecular flexibility index (Phi) is 4.22. The molecule has 0 bridgehead atoms. The van der Waals surface area contributed by atoms with Crippen LogP contribution >= 0.6 is 0 Å². The second-order valence-electron chi connectivity index (χ2n) is 3.85. The van der Waals surface area contributed by atoms with E-state index in [1.54, 1.807) is 13.4 Å². The third-order valence-corrected chi connectivity index (χ3v) is 2.62. The van der Waals surface area contributed by atoms with E-state index in [2.05, 4.69) is 17.4 Å². The summed E-state index contributed by atoms with van der Waals surface area (Å²) in [6.45, 7) is 1.78. The van der Waals surface area contributed by atoms with E-state index in [1.165, 1.54) is 5.56 Å². The largest absolute Gasteiger partial charge is 0.497 e. The average Bonchev–Trinajstić information content (AvgIpc) is 2.88. The zero-order valence-corrected chi connectivity index (χ0v) is 9.98. The van der Waals surface area contributed by atoms with Crippen LogP contribution < -0.4 is 10.1 Å². The topological polar surface area (TPSA) is 34.4 Å². The first-order chi connectivity index (χ1) is 8.38. The quantitative estimate of drug-likeness (QED) is 0.776. The van der Waals surface area contributed by atoms with Gasteiger partial charge < -0.3 is 14.5 Å². The van der Waals surface area contributed by atoms with Crippen molar-refractivity contribution >= 4 is 0 Å². The fourth-order valence-electron chi connectivity index (χ4n) is 1.64. The lowest BCUT2D eigenvalue weighted by molar-refractivity contribution is 0.414. The van der Waals surface area contributed by atoms with E-state index in [0.717, 1.165) is 31.0 Å². The van der Waals surface area contributed by atoms with Gasteiger partial charge in [0.15, 0.2) is 0 Å². The van der Waals surface area contributed by atoms with Crippen LogP contribution in [-0.2, 0) is 13.0 Å². The number of methoxy groups -OCH3 is 1. The molecule has 0 aliphatic rings. The van der Waals surface area contributed by atoms with Gasteiger partial charge in [0.1, 0.15) is 11.5 Å². The highest BCUT2D eigenvalue weighted by Crippen LogP contribution is 2.10. The third kappa shape index (κ3) is 3.64. The van der Waals surface area contributed by atoms with Crippen LogP contribution in [0, 0.1) is 0 Å². The van der Waals surface area contributed by atoms with Crippen molar-refractivity contribution in [1.29, 1.82) is 0 Å². The Balaban J connectivity index is 1.70. The summed E-state index contributed by atoms with van der Waals surface area (Å²) in [5.41, 5.74) is 1.25. The Morgan fingerprint density at radius 1 is 1.18 bits per heavy atom. The molecular weight excluding hydrogens is 214 g/mol. The Labute approximate surface area is 101 Å². The van der Waals surface area contributed by atoms with E-state index in [4.69, 9.17) is 9.15 Å². The maximum Gasteiger partial charge on any atom is 0.118 e. The fraction of sp³-hybridized carbons (Fsp3) is 0.286. The molecule has 0 atom stereocenters. The first-order valence-corrected chi connectivity index (χ1v) is 5.74. The van der Waals surface area contributed by atoms with Crippen molar-refractivity contribution in [3.05, 3.63) is 54.0 Å². The molecule has 1 aromatic heterocycles. The zero-order chi connectivity index (χ0) is 11.9. The monoisotopic (exact) mass is 231 g/mol. The molecule has 1 N–H and O–H groups in total. The molecular formula is C14H17NO2. The van der Waals surface area contributed by atoms with Crippen LogP contribution in [-0.4, -0.2) is 13.7 Å². The van der Waals surface area contributed by atoms with Gasteiger partial charge in [0.05, 0.1) is 13.4 Å². The van der Waals surface area contributed by atoms with Gasteiger partial charge in [0.25, 0.3) is 0 Å². The predicted molar refractivity (Wildman–Crippen MR) is 67.1 cm³/mol. The summed E-state index contributed by atoms with van der Waals surface area (Å²) in [4.78, 5) is 0. The average molecular weight is 231 g/mol. The Morgan fingerprint density at radius 3 is 2.65 bits per heavy atom. The van der Waals surface area contributed by atoms with Crippen LogP contribution in [0.1, 0.15) is 11.3 Å². The molecule has 3 heteroatoms. The number of ether oxygens (including phenoxy) is 1. The molecule has 0 spiro atoms. The van der Waals surface area contributed by atoms with Gasteiger partial charge in [-0.2, -0.15) is 0 Å². The highest BCUT2D eigenvalue weighted by Gasteiger charge is 1.96. The summed E-state index contributed by atoms with van der Waals surface area (Å²) in [5, 5.41) is 3.38. The van der Waals surface area contributed by atoms with Gasteiger partial charge in [-0.15, -0.1) is 0 Å². The van der Waals surface area contributed by atoms with Gasteiger partial charge in [-0.1, -0.05) is 12.1 Å². The SMILES string of the molecule is COc1ccc(CNCCc2ccco2)cc1. The molecule has 3 nitrogen and oxygen atoms in total. The molecule has 90 valence electrons. The minimum absolute atomic E-state index is 0.866. The van der Waals surface area contributed by atoms with E-state index < -0.39 is 0 Å². The van der Waals surface area contributed by atoms with Gasteiger partial charge in [0.2, 0.25) is 0 Å². The summed E-state index contributed by atoms with van der Waals surface area (Å²) in [5.74, 6) is 1.91. The lowest BCUT2D eigenvalue weighted by atomic mass is 10.2. The fourth-order valence-corrected chi connectivity index (χ4v) is 1.64. The summed E-state index contributed by atoms with van der Waals surface area (Å²) >= 11 is 0. The lowest BCUT2D eigenvalue weighted by Crippen LogP contribution is -2.16. The van der Waals surface area contributed by atoms with Crippen LogP contribution in [0.2, 0.25) is 0 Å². The lowest BCUT2D eigenvalue weighted by Gasteiger charge is -2.05. The molecule has 2 aromatic rings. The highest BCUT2D eigenvalue weighted by atomic mass is 16.5. The van der Waals surface area contributed by atoms with E-state index in [9.17, 15) is 0 Å². The maximum atomic E-state index is 5.26. The molecule has 1 heterocycles. The van der Waals surface area contributed by atoms with Crippen molar-refractivity contribution in [2.45, 2.75) is 13.0 Å². The molecule has 0 radical (unpaired) electrons. The molecule has 2 rings (SSSR count). The Morgan fingerprint density at radius 2 is 2.00 bits per heavy atom. The molecule has 0 saturated carbocycles. The van der Waals surface area contributed by atoms with Crippen molar-refractivity contribution in [2.75, 3.05) is 13.7 Å². The normalized spacial score (nSPS) is 10.4. The standard InChI is InChI=1S/C14H17NO2/c1-16-13-6-4-12(5-7-13)11-15-9-8-14-3-2-10-17-14/h2-7,10,15H,8-9,11H2,1H3. The number of hydrogen-bond acceptors (Lipinski definition) is 3. The first-order valence-electron chi connectivity index (χ1n) is 5.74. The Hall–Kier alpha value is -1.74. The summed E-state index contributed by atoms with van der Waals surface area (Å²) in [6.07, 6.45) is 2.63. The number of hydrogen-bond donors (Lipinski definition) is 1. The highest BCUT2D eigenvalue weighted by molar-refractivity contribution is 5.26. The molecule has 0 saturated heterocycles. The van der Waals surface area contributed by atoms with Crippen molar-refractivity contribution in [2.24, 2.45) is 0 Å². The van der Waals surface area contributed by atoms with Crippen molar-refractivity contribution in [3.63, 3.8) is 0 Å². The predicted octanol–water partition coefficient (Wildman–Crippen LogP) is 2.62. The van der Waals surface area contributed by atoms with E-state index in [1.807, 2.05) is 24.3 Å². The molecule has 0 aliphatic heterocycles. The minimum atomic E-state index is 0.866. The van der Waals surface area contributed by atoms with Crippen molar-refractivity contribution < 1.29 is 9.15 Å². The molecule has 0 amide bonds. The van der Waals surface area contributed by atoms with Crippen LogP contribution in [0.3, 0.4) is 0 Å². The van der Waals surface area contributed by atoms with Gasteiger partial charge >= 0.3 is 0 Å². The number of furan rings is 1. The zero-order valence-electron chi connectivity index (χ0n) is 9.98. The van der Waals surface area contributed by atoms with Gasteiger partial charge in [0, 0.05) is 19.5 Å². The number of benzene rings is 1. The van der Waals surface area contributed by atoms with E-state index in [0.29, 0.717) is 0 Å². The molecule has 0 fully saturated rings. The second kappa shape index (κ2) is 6.11. The molecule has 0 aliphatic carbocycles. The molecule has 17 heavy (non-hydrogen) atoms. The van der Waals surface area contributed by atoms with Crippen LogP contribution in [0.4, 0.5) is 0 Å². The first kappa shape index (κ1) is 11.7. The second-order valence-corrected chi connectivity index (χ2v) is 3.85. The summed E-state index contributed by atoms with van der Waals surface area (Å²) < 4.78 is 10.4. The van der Waals surface area contributed by atoms with Crippen molar-refractivity contribution in [1.82, 2.24) is 5.32 Å². The summed E-state index contributed by atoms with van der Waals surface area (Å²) in [6, 6.07) is 12.0. The molecule has 0 unspecified atom stereocenters. The molecule has 1 aromatic carbocycles. The van der Waals surface area contributed by atoms with Gasteiger partial charge in [-0.05, 0) is 29.8 Å². The third-order valence-electron chi connectivity index (χ3n) is 2.62. The van der Waals surface area contributed by atoms with E-state index in [-0.39, 0.29) is 0 Å². The maximum absolute atomic E-state index is 5.26. The number of nitrogens with one attached hydrogen (secondary N) is 1. The number of rotatable bonds is 6.